The van der Waals surface area contributed by atoms with Gasteiger partial charge in [0.1, 0.15) is 0 Å². The zero-order valence-electron chi connectivity index (χ0n) is 16.9. The van der Waals surface area contributed by atoms with Gasteiger partial charge in [-0.2, -0.15) is 4.98 Å². The summed E-state index contributed by atoms with van der Waals surface area (Å²) in [5, 5.41) is 0. The van der Waals surface area contributed by atoms with Gasteiger partial charge in [-0.1, -0.05) is 29.8 Å². The summed E-state index contributed by atoms with van der Waals surface area (Å²) < 4.78 is 4.60. The maximum absolute atomic E-state index is 13.0. The van der Waals surface area contributed by atoms with E-state index in [4.69, 9.17) is 4.98 Å². The van der Waals surface area contributed by atoms with E-state index < -0.39 is 0 Å². The molecular weight excluding hydrogens is 356 g/mol. The van der Waals surface area contributed by atoms with Crippen molar-refractivity contribution in [1.82, 2.24) is 18.7 Å². The van der Waals surface area contributed by atoms with Crippen LogP contribution in [0, 0.1) is 6.92 Å². The Labute approximate surface area is 163 Å². The first kappa shape index (κ1) is 18.5. The van der Waals surface area contributed by atoms with E-state index in [1.165, 1.54) is 22.1 Å². The number of imidazole rings is 1. The fourth-order valence-corrected chi connectivity index (χ4v) is 3.79. The average Bonchev–Trinajstić information content (AvgIpc) is 3.06. The van der Waals surface area contributed by atoms with Crippen LogP contribution in [0.1, 0.15) is 11.1 Å². The van der Waals surface area contributed by atoms with Gasteiger partial charge >= 0.3 is 5.69 Å². The molecule has 0 aliphatic carbocycles. The molecule has 1 fully saturated rings. The molecule has 0 radical (unpaired) electrons. The maximum atomic E-state index is 13.0. The van der Waals surface area contributed by atoms with Gasteiger partial charge in [0.15, 0.2) is 11.2 Å². The van der Waals surface area contributed by atoms with E-state index in [9.17, 15) is 9.59 Å². The van der Waals surface area contributed by atoms with Gasteiger partial charge in [0.25, 0.3) is 5.56 Å². The third kappa shape index (κ3) is 3.03. The molecule has 1 N–H and O–H groups in total. The van der Waals surface area contributed by atoms with Gasteiger partial charge in [0.05, 0.1) is 39.8 Å². The van der Waals surface area contributed by atoms with E-state index >= 15 is 0 Å². The molecule has 3 heterocycles. The van der Waals surface area contributed by atoms with Crippen LogP contribution in [0.3, 0.4) is 0 Å². The smallest absolute Gasteiger partial charge is 0.332 e. The Kier molecular flexibility index (Phi) is 4.58. The molecule has 3 aromatic rings. The Morgan fingerprint density at radius 2 is 1.68 bits per heavy atom. The minimum Gasteiger partial charge on any atom is -0.334 e. The second kappa shape index (κ2) is 6.94. The summed E-state index contributed by atoms with van der Waals surface area (Å²) >= 11 is 0. The SMILES string of the molecule is Cc1ccc(Cn2c(N3CC[NH+](C)CC3)nc3c2c(=O)n(C)c(=O)n3C)cc1. The topological polar surface area (TPSA) is 69.5 Å². The highest BCUT2D eigenvalue weighted by atomic mass is 16.2. The Hall–Kier alpha value is -2.87. The molecule has 4 rings (SSSR count). The number of aryl methyl sites for hydroxylation is 2. The highest BCUT2D eigenvalue weighted by Crippen LogP contribution is 2.21. The van der Waals surface area contributed by atoms with Gasteiger partial charge in [-0.15, -0.1) is 0 Å². The van der Waals surface area contributed by atoms with E-state index in [0.29, 0.717) is 17.7 Å². The number of aromatic nitrogens is 4. The van der Waals surface area contributed by atoms with E-state index in [0.717, 1.165) is 42.3 Å². The zero-order valence-corrected chi connectivity index (χ0v) is 16.9. The number of piperazine rings is 1. The molecule has 0 unspecified atom stereocenters. The van der Waals surface area contributed by atoms with E-state index in [2.05, 4.69) is 43.1 Å². The molecule has 1 aliphatic heterocycles. The lowest BCUT2D eigenvalue weighted by molar-refractivity contribution is -0.880. The number of hydrogen-bond acceptors (Lipinski definition) is 4. The zero-order chi connectivity index (χ0) is 20.0. The standard InChI is InChI=1S/C20H26N6O2/c1-14-5-7-15(8-6-14)13-26-16-17(23(3)20(28)24(4)18(16)27)21-19(26)25-11-9-22(2)10-12-25/h5-8H,9-13H2,1-4H3/p+1. The van der Waals surface area contributed by atoms with Crippen molar-refractivity contribution >= 4 is 17.1 Å². The molecular formula is C20H27N6O2+. The van der Waals surface area contributed by atoms with Gasteiger partial charge < -0.3 is 9.80 Å². The second-order valence-corrected chi connectivity index (χ2v) is 7.81. The third-order valence-electron chi connectivity index (χ3n) is 5.69. The molecule has 28 heavy (non-hydrogen) atoms. The number of rotatable bonds is 3. The first-order valence-corrected chi connectivity index (χ1v) is 9.65. The van der Waals surface area contributed by atoms with Crippen molar-refractivity contribution in [3.63, 3.8) is 0 Å². The van der Waals surface area contributed by atoms with Crippen LogP contribution in [0.25, 0.3) is 11.2 Å². The van der Waals surface area contributed by atoms with Crippen LogP contribution < -0.4 is 21.0 Å². The summed E-state index contributed by atoms with van der Waals surface area (Å²) in [4.78, 5) is 33.9. The fraction of sp³-hybridized carbons (Fsp3) is 0.450. The minimum absolute atomic E-state index is 0.302. The van der Waals surface area contributed by atoms with Crippen molar-refractivity contribution in [1.29, 1.82) is 0 Å². The van der Waals surface area contributed by atoms with E-state index in [-0.39, 0.29) is 11.2 Å². The van der Waals surface area contributed by atoms with Crippen molar-refractivity contribution in [3.8, 4) is 0 Å². The van der Waals surface area contributed by atoms with Crippen LogP contribution in [0.2, 0.25) is 0 Å². The highest BCUT2D eigenvalue weighted by Gasteiger charge is 2.26. The Morgan fingerprint density at radius 3 is 2.32 bits per heavy atom. The average molecular weight is 383 g/mol. The maximum Gasteiger partial charge on any atom is 0.332 e. The summed E-state index contributed by atoms with van der Waals surface area (Å²) in [6.07, 6.45) is 0. The van der Waals surface area contributed by atoms with Gasteiger partial charge in [-0.25, -0.2) is 4.79 Å². The quantitative estimate of drug-likeness (QED) is 0.638. The molecule has 1 aliphatic rings. The van der Waals surface area contributed by atoms with Gasteiger partial charge in [-0.3, -0.25) is 18.5 Å². The molecule has 0 amide bonds. The van der Waals surface area contributed by atoms with E-state index in [1.54, 1.807) is 7.05 Å². The van der Waals surface area contributed by atoms with Crippen molar-refractivity contribution in [2.45, 2.75) is 13.5 Å². The lowest BCUT2D eigenvalue weighted by atomic mass is 10.1. The molecule has 0 atom stereocenters. The number of likely N-dealkylation sites (N-methyl/N-ethyl adjacent to an activating group) is 1. The largest absolute Gasteiger partial charge is 0.334 e. The Morgan fingerprint density at radius 1 is 1.04 bits per heavy atom. The molecule has 1 aromatic carbocycles. The number of fused-ring (bicyclic) bond motifs is 1. The fourth-order valence-electron chi connectivity index (χ4n) is 3.79. The van der Waals surface area contributed by atoms with Crippen LogP contribution in [0.5, 0.6) is 0 Å². The van der Waals surface area contributed by atoms with Crippen LogP contribution >= 0.6 is 0 Å². The van der Waals surface area contributed by atoms with Crippen LogP contribution in [0.4, 0.5) is 5.95 Å². The molecule has 1 saturated heterocycles. The summed E-state index contributed by atoms with van der Waals surface area (Å²) in [6, 6.07) is 8.29. The number of benzene rings is 1. The summed E-state index contributed by atoms with van der Waals surface area (Å²) in [5.74, 6) is 0.765. The number of nitrogens with one attached hydrogen (secondary N) is 1. The summed E-state index contributed by atoms with van der Waals surface area (Å²) in [6.45, 7) is 6.38. The van der Waals surface area contributed by atoms with Crippen molar-refractivity contribution in [3.05, 3.63) is 56.2 Å². The van der Waals surface area contributed by atoms with Gasteiger partial charge in [0, 0.05) is 14.1 Å². The molecule has 148 valence electrons. The predicted molar refractivity (Wildman–Crippen MR) is 109 cm³/mol. The molecule has 0 saturated carbocycles. The number of nitrogens with zero attached hydrogens (tertiary/aromatic N) is 5. The first-order chi connectivity index (χ1) is 13.4. The summed E-state index contributed by atoms with van der Waals surface area (Å²) in [5.41, 5.74) is 2.56. The normalized spacial score (nSPS) is 15.5. The van der Waals surface area contributed by atoms with Crippen LogP contribution in [0.15, 0.2) is 33.9 Å². The number of quaternary nitrogens is 1. The highest BCUT2D eigenvalue weighted by molar-refractivity contribution is 5.74. The van der Waals surface area contributed by atoms with Crippen molar-refractivity contribution in [2.24, 2.45) is 14.1 Å². The van der Waals surface area contributed by atoms with Crippen LogP contribution in [-0.2, 0) is 20.6 Å². The molecule has 8 heteroatoms. The van der Waals surface area contributed by atoms with Crippen molar-refractivity contribution < 1.29 is 4.90 Å². The first-order valence-electron chi connectivity index (χ1n) is 9.65. The number of anilines is 1. The minimum atomic E-state index is -0.355. The number of hydrogen-bond donors (Lipinski definition) is 1. The summed E-state index contributed by atoms with van der Waals surface area (Å²) in [7, 11) is 5.38. The Bertz CT molecular complexity index is 1130. The predicted octanol–water partition coefficient (Wildman–Crippen LogP) is -0.875. The molecule has 8 nitrogen and oxygen atoms in total. The third-order valence-corrected chi connectivity index (χ3v) is 5.69. The Balaban J connectivity index is 1.92. The monoisotopic (exact) mass is 383 g/mol. The van der Waals surface area contributed by atoms with Gasteiger partial charge in [0.2, 0.25) is 5.95 Å². The van der Waals surface area contributed by atoms with Gasteiger partial charge in [-0.05, 0) is 12.5 Å². The molecule has 2 aromatic heterocycles. The lowest BCUT2D eigenvalue weighted by Gasteiger charge is -2.31. The van der Waals surface area contributed by atoms with Crippen molar-refractivity contribution in [2.75, 3.05) is 38.1 Å². The van der Waals surface area contributed by atoms with Crippen LogP contribution in [-0.4, -0.2) is 51.9 Å². The molecule has 0 bridgehead atoms. The molecule has 0 spiro atoms. The second-order valence-electron chi connectivity index (χ2n) is 7.81. The lowest BCUT2D eigenvalue weighted by Crippen LogP contribution is -3.12. The van der Waals surface area contributed by atoms with E-state index in [1.807, 2.05) is 4.57 Å².